The monoisotopic (exact) mass is 378 g/mol. The van der Waals surface area contributed by atoms with Gasteiger partial charge in [0.2, 0.25) is 11.8 Å². The van der Waals surface area contributed by atoms with Crippen LogP contribution in [0.2, 0.25) is 0 Å². The molecule has 2 aromatic heterocycles. The number of ether oxygens (including phenoxy) is 2. The predicted molar refractivity (Wildman–Crippen MR) is 107 cm³/mol. The lowest BCUT2D eigenvalue weighted by Crippen LogP contribution is -2.23. The molecule has 0 aliphatic carbocycles. The number of esters is 1. The molecule has 0 radical (unpaired) electrons. The van der Waals surface area contributed by atoms with Crippen LogP contribution in [0.1, 0.15) is 31.1 Å². The Kier molecular flexibility index (Phi) is 5.54. The van der Waals surface area contributed by atoms with Crippen LogP contribution in [0.4, 0.5) is 11.6 Å². The fourth-order valence-corrected chi connectivity index (χ4v) is 2.51. The summed E-state index contributed by atoms with van der Waals surface area (Å²) in [6.45, 7) is 5.50. The number of carbonyl (C=O) groups excluding carboxylic acids is 1. The molecular formula is C21H22N4O3. The first kappa shape index (κ1) is 19.3. The normalized spacial score (nSPS) is 11.0. The predicted octanol–water partition coefficient (Wildman–Crippen LogP) is 4.25. The molecule has 0 aliphatic heterocycles. The van der Waals surface area contributed by atoms with E-state index < -0.39 is 5.60 Å². The van der Waals surface area contributed by atoms with Crippen molar-refractivity contribution in [3.63, 3.8) is 0 Å². The zero-order chi connectivity index (χ0) is 20.1. The van der Waals surface area contributed by atoms with E-state index in [0.29, 0.717) is 28.8 Å². The number of nitrogens with one attached hydrogen (secondary N) is 1. The molecule has 3 rings (SSSR count). The van der Waals surface area contributed by atoms with Gasteiger partial charge in [-0.25, -0.2) is 19.7 Å². The Hall–Kier alpha value is -3.48. The first-order chi connectivity index (χ1) is 13.4. The number of hydrogen-bond donors (Lipinski definition) is 1. The average molecular weight is 378 g/mol. The molecule has 144 valence electrons. The molecule has 0 saturated carbocycles. The van der Waals surface area contributed by atoms with Crippen molar-refractivity contribution in [3.8, 4) is 17.1 Å². The highest BCUT2D eigenvalue weighted by molar-refractivity contribution is 5.91. The molecule has 0 unspecified atom stereocenters. The van der Waals surface area contributed by atoms with E-state index in [1.165, 1.54) is 0 Å². The summed E-state index contributed by atoms with van der Waals surface area (Å²) >= 11 is 0. The molecule has 0 spiro atoms. The minimum Gasteiger partial charge on any atom is -0.481 e. The zero-order valence-electron chi connectivity index (χ0n) is 16.3. The molecule has 0 bridgehead atoms. The van der Waals surface area contributed by atoms with Gasteiger partial charge in [-0.15, -0.1) is 0 Å². The summed E-state index contributed by atoms with van der Waals surface area (Å²) in [5, 5.41) is 3.12. The number of aromatic nitrogens is 3. The lowest BCUT2D eigenvalue weighted by molar-refractivity contribution is 0.00696. The standard InChI is InChI=1S/C21H22N4O3/c1-21(2,3)28-19(26)14-7-5-8-15(13-14)24-20-23-12-10-17(25-20)16-9-6-11-22-18(16)27-4/h5-13H,1-4H3,(H,23,24,25). The number of nitrogens with zero attached hydrogens (tertiary/aromatic N) is 3. The first-order valence-electron chi connectivity index (χ1n) is 8.78. The van der Waals surface area contributed by atoms with Crippen molar-refractivity contribution in [1.82, 2.24) is 15.0 Å². The largest absolute Gasteiger partial charge is 0.481 e. The number of hydrogen-bond acceptors (Lipinski definition) is 7. The molecule has 0 atom stereocenters. The quantitative estimate of drug-likeness (QED) is 0.664. The van der Waals surface area contributed by atoms with Crippen LogP contribution >= 0.6 is 0 Å². The third-order valence-electron chi connectivity index (χ3n) is 3.65. The summed E-state index contributed by atoms with van der Waals surface area (Å²) in [5.74, 6) is 0.495. The van der Waals surface area contributed by atoms with E-state index >= 15 is 0 Å². The summed E-state index contributed by atoms with van der Waals surface area (Å²) in [5.41, 5.74) is 2.01. The van der Waals surface area contributed by atoms with Gasteiger partial charge in [0.05, 0.1) is 23.9 Å². The second kappa shape index (κ2) is 8.04. The summed E-state index contributed by atoms with van der Waals surface area (Å²) < 4.78 is 10.7. The molecule has 0 amide bonds. The number of pyridine rings is 1. The van der Waals surface area contributed by atoms with Gasteiger partial charge in [-0.2, -0.15) is 0 Å². The van der Waals surface area contributed by atoms with Crippen LogP contribution in [0.25, 0.3) is 11.3 Å². The fraction of sp³-hybridized carbons (Fsp3) is 0.238. The van der Waals surface area contributed by atoms with Crippen LogP contribution in [-0.2, 0) is 4.74 Å². The second-order valence-corrected chi connectivity index (χ2v) is 7.03. The van der Waals surface area contributed by atoms with Gasteiger partial charge < -0.3 is 14.8 Å². The van der Waals surface area contributed by atoms with Crippen molar-refractivity contribution < 1.29 is 14.3 Å². The Morgan fingerprint density at radius 3 is 2.61 bits per heavy atom. The van der Waals surface area contributed by atoms with Crippen molar-refractivity contribution in [3.05, 3.63) is 60.4 Å². The van der Waals surface area contributed by atoms with Gasteiger partial charge in [-0.1, -0.05) is 6.07 Å². The van der Waals surface area contributed by atoms with Crippen molar-refractivity contribution in [2.45, 2.75) is 26.4 Å². The number of methoxy groups -OCH3 is 1. The molecule has 7 nitrogen and oxygen atoms in total. The Balaban J connectivity index is 1.83. The highest BCUT2D eigenvalue weighted by Gasteiger charge is 2.18. The van der Waals surface area contributed by atoms with E-state index in [9.17, 15) is 4.79 Å². The summed E-state index contributed by atoms with van der Waals surface area (Å²) in [7, 11) is 1.56. The third-order valence-corrected chi connectivity index (χ3v) is 3.65. The van der Waals surface area contributed by atoms with E-state index in [0.717, 1.165) is 5.56 Å². The molecule has 3 aromatic rings. The number of anilines is 2. The van der Waals surface area contributed by atoms with E-state index in [2.05, 4.69) is 20.3 Å². The lowest BCUT2D eigenvalue weighted by Gasteiger charge is -2.19. The van der Waals surface area contributed by atoms with Crippen molar-refractivity contribution in [2.24, 2.45) is 0 Å². The van der Waals surface area contributed by atoms with Crippen LogP contribution in [0.5, 0.6) is 5.88 Å². The topological polar surface area (TPSA) is 86.2 Å². The number of carbonyl (C=O) groups is 1. The van der Waals surface area contributed by atoms with Gasteiger partial charge in [0.1, 0.15) is 5.60 Å². The van der Waals surface area contributed by atoms with Crippen molar-refractivity contribution >= 4 is 17.6 Å². The molecule has 0 fully saturated rings. The number of rotatable bonds is 5. The summed E-state index contributed by atoms with van der Waals surface area (Å²) in [4.78, 5) is 25.2. The molecule has 2 heterocycles. The van der Waals surface area contributed by atoms with Gasteiger partial charge >= 0.3 is 5.97 Å². The summed E-state index contributed by atoms with van der Waals surface area (Å²) in [6.07, 6.45) is 3.31. The second-order valence-electron chi connectivity index (χ2n) is 7.03. The minimum absolute atomic E-state index is 0.383. The highest BCUT2D eigenvalue weighted by atomic mass is 16.6. The van der Waals surface area contributed by atoms with Crippen LogP contribution in [0.3, 0.4) is 0 Å². The van der Waals surface area contributed by atoms with Crippen LogP contribution in [0.15, 0.2) is 54.9 Å². The Morgan fingerprint density at radius 1 is 1.04 bits per heavy atom. The maximum absolute atomic E-state index is 12.3. The van der Waals surface area contributed by atoms with Crippen LogP contribution in [0, 0.1) is 0 Å². The van der Waals surface area contributed by atoms with E-state index in [4.69, 9.17) is 9.47 Å². The lowest BCUT2D eigenvalue weighted by atomic mass is 10.1. The Morgan fingerprint density at radius 2 is 1.86 bits per heavy atom. The minimum atomic E-state index is -0.555. The maximum Gasteiger partial charge on any atom is 0.338 e. The average Bonchev–Trinajstić information content (AvgIpc) is 2.67. The Bertz CT molecular complexity index is 983. The van der Waals surface area contributed by atoms with E-state index in [-0.39, 0.29) is 5.97 Å². The highest BCUT2D eigenvalue weighted by Crippen LogP contribution is 2.26. The molecule has 0 aliphatic rings. The molecule has 1 N–H and O–H groups in total. The van der Waals surface area contributed by atoms with E-state index in [1.54, 1.807) is 43.8 Å². The smallest absolute Gasteiger partial charge is 0.338 e. The Labute approximate surface area is 163 Å². The maximum atomic E-state index is 12.3. The fourth-order valence-electron chi connectivity index (χ4n) is 2.51. The first-order valence-corrected chi connectivity index (χ1v) is 8.78. The molecule has 0 saturated heterocycles. The van der Waals surface area contributed by atoms with Gasteiger partial charge in [-0.3, -0.25) is 0 Å². The third kappa shape index (κ3) is 4.82. The van der Waals surface area contributed by atoms with Crippen molar-refractivity contribution in [1.29, 1.82) is 0 Å². The SMILES string of the molecule is COc1ncccc1-c1ccnc(Nc2cccc(C(=O)OC(C)(C)C)c2)n1. The van der Waals surface area contributed by atoms with Crippen LogP contribution in [-0.4, -0.2) is 33.6 Å². The molecule has 1 aromatic carbocycles. The molecule has 7 heteroatoms. The molecular weight excluding hydrogens is 356 g/mol. The molecule has 28 heavy (non-hydrogen) atoms. The van der Waals surface area contributed by atoms with Gasteiger partial charge in [0, 0.05) is 18.1 Å². The number of benzene rings is 1. The summed E-state index contributed by atoms with van der Waals surface area (Å²) in [6, 6.07) is 12.5. The van der Waals surface area contributed by atoms with Gasteiger partial charge in [-0.05, 0) is 57.2 Å². The van der Waals surface area contributed by atoms with Gasteiger partial charge in [0.25, 0.3) is 0 Å². The zero-order valence-corrected chi connectivity index (χ0v) is 16.3. The van der Waals surface area contributed by atoms with Crippen molar-refractivity contribution in [2.75, 3.05) is 12.4 Å². The van der Waals surface area contributed by atoms with Gasteiger partial charge in [0.15, 0.2) is 0 Å². The van der Waals surface area contributed by atoms with Crippen LogP contribution < -0.4 is 10.1 Å². The van der Waals surface area contributed by atoms with E-state index in [1.807, 2.05) is 39.0 Å².